The van der Waals surface area contributed by atoms with Crippen molar-refractivity contribution in [1.82, 2.24) is 29.1 Å². The fourth-order valence-corrected chi connectivity index (χ4v) is 8.99. The third-order valence-electron chi connectivity index (χ3n) is 12.1. The summed E-state index contributed by atoms with van der Waals surface area (Å²) in [4.78, 5) is 20.2. The van der Waals surface area contributed by atoms with Crippen molar-refractivity contribution in [2.75, 3.05) is 0 Å². The normalized spacial score (nSPS) is 11.4. The smallest absolute Gasteiger partial charge is 0.145 e. The number of rotatable bonds is 8. The van der Waals surface area contributed by atoms with Gasteiger partial charge in [0.2, 0.25) is 0 Å². The summed E-state index contributed by atoms with van der Waals surface area (Å²) in [7, 11) is 0. The van der Waals surface area contributed by atoms with Crippen molar-refractivity contribution < 1.29 is 0 Å². The fourth-order valence-electron chi connectivity index (χ4n) is 8.99. The SMILES string of the molecule is c1ccc(-c2cccc(-n3c(-c4ccc(-c5ccc(-c6ccc(-c7nc8ccccc8n7-c7cccc(-c8ccccc8)c7)cc6)c6nccnc56)cc4)nc4ccccc43)c2)cc1. The molecule has 0 atom stereocenters. The molecule has 0 N–H and O–H groups in total. The molecule has 12 aromatic rings. The van der Waals surface area contributed by atoms with Gasteiger partial charge in [-0.25, -0.2) is 9.97 Å². The van der Waals surface area contributed by atoms with Crippen LogP contribution in [-0.4, -0.2) is 29.1 Å². The van der Waals surface area contributed by atoms with Crippen molar-refractivity contribution in [2.45, 2.75) is 0 Å². The number of para-hydroxylation sites is 4. The number of fused-ring (bicyclic) bond motifs is 3. The van der Waals surface area contributed by atoms with Gasteiger partial charge < -0.3 is 0 Å². The second kappa shape index (κ2) is 15.6. The van der Waals surface area contributed by atoms with Gasteiger partial charge in [0, 0.05) is 46.0 Å². The summed E-state index contributed by atoms with van der Waals surface area (Å²) >= 11 is 0. The van der Waals surface area contributed by atoms with Crippen LogP contribution in [-0.2, 0) is 0 Å². The van der Waals surface area contributed by atoms with Crippen LogP contribution in [0.25, 0.3) is 112 Å². The van der Waals surface area contributed by atoms with Gasteiger partial charge in [0.1, 0.15) is 11.6 Å². The number of imidazole rings is 2. The molecule has 0 amide bonds. The largest absolute Gasteiger partial charge is 0.292 e. The first-order valence-corrected chi connectivity index (χ1v) is 21.5. The van der Waals surface area contributed by atoms with Crippen molar-refractivity contribution in [2.24, 2.45) is 0 Å². The average Bonchev–Trinajstić information content (AvgIpc) is 3.97. The van der Waals surface area contributed by atoms with Gasteiger partial charge >= 0.3 is 0 Å². The molecule has 3 aromatic heterocycles. The van der Waals surface area contributed by atoms with E-state index in [0.29, 0.717) is 0 Å². The Morgan fingerprint density at radius 2 is 0.656 bits per heavy atom. The van der Waals surface area contributed by atoms with E-state index >= 15 is 0 Å². The van der Waals surface area contributed by atoms with Crippen molar-refractivity contribution in [1.29, 1.82) is 0 Å². The first-order chi connectivity index (χ1) is 31.7. The zero-order valence-corrected chi connectivity index (χ0v) is 34.6. The number of hydrogen-bond donors (Lipinski definition) is 0. The second-order valence-corrected chi connectivity index (χ2v) is 15.9. The lowest BCUT2D eigenvalue weighted by Crippen LogP contribution is -1.98. The van der Waals surface area contributed by atoms with Crippen LogP contribution in [0.4, 0.5) is 0 Å². The third kappa shape index (κ3) is 6.53. The Morgan fingerprint density at radius 1 is 0.281 bits per heavy atom. The van der Waals surface area contributed by atoms with Gasteiger partial charge in [0.25, 0.3) is 0 Å². The van der Waals surface area contributed by atoms with Crippen molar-refractivity contribution in [3.8, 4) is 78.7 Å². The maximum Gasteiger partial charge on any atom is 0.145 e. The summed E-state index contributed by atoms with van der Waals surface area (Å²) in [6, 6.07) is 76.6. The van der Waals surface area contributed by atoms with Crippen LogP contribution >= 0.6 is 0 Å². The zero-order valence-electron chi connectivity index (χ0n) is 34.6. The summed E-state index contributed by atoms with van der Waals surface area (Å²) < 4.78 is 4.52. The molecule has 0 saturated heterocycles. The van der Waals surface area contributed by atoms with E-state index in [1.807, 2.05) is 24.3 Å². The minimum absolute atomic E-state index is 0.849. The summed E-state index contributed by atoms with van der Waals surface area (Å²) in [6.07, 6.45) is 3.55. The van der Waals surface area contributed by atoms with E-state index in [1.54, 1.807) is 12.4 Å². The predicted octanol–water partition coefficient (Wildman–Crippen LogP) is 14.3. The Kier molecular flexibility index (Phi) is 9.05. The first kappa shape index (κ1) is 37.1. The predicted molar refractivity (Wildman–Crippen MR) is 261 cm³/mol. The maximum atomic E-state index is 5.17. The Hall–Kier alpha value is -8.74. The Morgan fingerprint density at radius 3 is 1.09 bits per heavy atom. The number of aromatic nitrogens is 6. The lowest BCUT2D eigenvalue weighted by atomic mass is 9.96. The van der Waals surface area contributed by atoms with Crippen LogP contribution in [0.15, 0.2) is 231 Å². The number of hydrogen-bond acceptors (Lipinski definition) is 4. The highest BCUT2D eigenvalue weighted by atomic mass is 15.1. The van der Waals surface area contributed by atoms with Crippen molar-refractivity contribution in [3.63, 3.8) is 0 Å². The van der Waals surface area contributed by atoms with Gasteiger partial charge in [0.05, 0.1) is 33.1 Å². The van der Waals surface area contributed by atoms with E-state index in [1.165, 1.54) is 11.1 Å². The zero-order chi connectivity index (χ0) is 42.4. The quantitative estimate of drug-likeness (QED) is 0.153. The average molecular weight is 819 g/mol. The van der Waals surface area contributed by atoms with Crippen LogP contribution in [0.5, 0.6) is 0 Å². The van der Waals surface area contributed by atoms with E-state index in [9.17, 15) is 0 Å². The fraction of sp³-hybridized carbons (Fsp3) is 0. The van der Waals surface area contributed by atoms with Gasteiger partial charge in [-0.1, -0.05) is 170 Å². The van der Waals surface area contributed by atoms with E-state index < -0.39 is 0 Å². The van der Waals surface area contributed by atoms with Gasteiger partial charge in [-0.15, -0.1) is 0 Å². The summed E-state index contributed by atoms with van der Waals surface area (Å²) in [6.45, 7) is 0. The maximum absolute atomic E-state index is 5.17. The Balaban J connectivity index is 0.888. The molecule has 12 rings (SSSR count). The highest BCUT2D eigenvalue weighted by molar-refractivity contribution is 6.00. The van der Waals surface area contributed by atoms with Crippen molar-refractivity contribution in [3.05, 3.63) is 231 Å². The summed E-state index contributed by atoms with van der Waals surface area (Å²) in [5.41, 5.74) is 18.7. The monoisotopic (exact) mass is 818 g/mol. The molecule has 0 aliphatic heterocycles. The molecule has 0 spiro atoms. The van der Waals surface area contributed by atoms with E-state index in [0.717, 1.165) is 101 Å². The molecule has 300 valence electrons. The van der Waals surface area contributed by atoms with Gasteiger partial charge in [-0.3, -0.25) is 19.1 Å². The molecule has 0 aliphatic carbocycles. The molecule has 0 unspecified atom stereocenters. The molecule has 6 nitrogen and oxygen atoms in total. The summed E-state index contributed by atoms with van der Waals surface area (Å²) in [5.74, 6) is 1.77. The summed E-state index contributed by atoms with van der Waals surface area (Å²) in [5, 5.41) is 0. The molecule has 0 saturated carbocycles. The van der Waals surface area contributed by atoms with Gasteiger partial charge in [0.15, 0.2) is 0 Å². The number of benzene rings is 9. The first-order valence-electron chi connectivity index (χ1n) is 21.5. The lowest BCUT2D eigenvalue weighted by molar-refractivity contribution is 1.10. The van der Waals surface area contributed by atoms with Crippen LogP contribution in [0.1, 0.15) is 0 Å². The van der Waals surface area contributed by atoms with Crippen LogP contribution in [0.2, 0.25) is 0 Å². The van der Waals surface area contributed by atoms with Crippen LogP contribution in [0.3, 0.4) is 0 Å². The molecule has 0 bridgehead atoms. The van der Waals surface area contributed by atoms with Gasteiger partial charge in [-0.2, -0.15) is 0 Å². The highest BCUT2D eigenvalue weighted by Crippen LogP contribution is 2.38. The topological polar surface area (TPSA) is 61.4 Å². The highest BCUT2D eigenvalue weighted by Gasteiger charge is 2.19. The number of nitrogens with zero attached hydrogens (tertiary/aromatic N) is 6. The minimum atomic E-state index is 0.849. The van der Waals surface area contributed by atoms with Gasteiger partial charge in [-0.05, 0) is 81.9 Å². The van der Waals surface area contributed by atoms with E-state index in [2.05, 4.69) is 203 Å². The van der Waals surface area contributed by atoms with Crippen LogP contribution < -0.4 is 0 Å². The molecule has 0 fully saturated rings. The third-order valence-corrected chi connectivity index (χ3v) is 12.1. The van der Waals surface area contributed by atoms with Crippen LogP contribution in [0, 0.1) is 0 Å². The molecular weight excluding hydrogens is 781 g/mol. The lowest BCUT2D eigenvalue weighted by Gasteiger charge is -2.14. The Labute approximate surface area is 370 Å². The Bertz CT molecular complexity index is 3400. The molecule has 6 heteroatoms. The second-order valence-electron chi connectivity index (χ2n) is 15.9. The molecular formula is C58H38N6. The molecule has 0 radical (unpaired) electrons. The minimum Gasteiger partial charge on any atom is -0.292 e. The van der Waals surface area contributed by atoms with Crippen molar-refractivity contribution >= 4 is 33.1 Å². The molecule has 0 aliphatic rings. The van der Waals surface area contributed by atoms with E-state index in [-0.39, 0.29) is 0 Å². The molecule has 9 aromatic carbocycles. The molecule has 64 heavy (non-hydrogen) atoms. The van der Waals surface area contributed by atoms with E-state index in [4.69, 9.17) is 19.9 Å². The molecule has 3 heterocycles. The standard InChI is InChI=1S/C58H38N6/c1-3-13-39(14-4-1)45-17-11-19-47(37-45)63-53-23-9-7-21-51(53)61-57(63)43-29-25-41(26-30-43)49-33-34-50(56-55(49)59-35-36-60-56)42-27-31-44(32-28-42)58-62-52-22-8-10-24-54(52)64(58)48-20-12-18-46(38-48)40-15-5-2-6-16-40/h1-38H.